The molecule has 0 aromatic heterocycles. The van der Waals surface area contributed by atoms with Gasteiger partial charge < -0.3 is 15.4 Å². The molecular formula is C13H18N2O2. The van der Waals surface area contributed by atoms with Crippen LogP contribution in [0, 0.1) is 6.92 Å². The van der Waals surface area contributed by atoms with Crippen LogP contribution in [0.4, 0.5) is 0 Å². The van der Waals surface area contributed by atoms with E-state index in [1.807, 2.05) is 31.2 Å². The van der Waals surface area contributed by atoms with E-state index in [0.717, 1.165) is 25.3 Å². The Morgan fingerprint density at radius 2 is 2.24 bits per heavy atom. The fraction of sp³-hybridized carbons (Fsp3) is 0.462. The molecule has 0 bridgehead atoms. The van der Waals surface area contributed by atoms with Crippen LogP contribution in [-0.4, -0.2) is 31.6 Å². The molecule has 4 heteroatoms. The summed E-state index contributed by atoms with van der Waals surface area (Å²) in [5.74, 6) is 0.676. The fourth-order valence-electron chi connectivity index (χ4n) is 1.83. The summed E-state index contributed by atoms with van der Waals surface area (Å²) in [6, 6.07) is 7.94. The molecule has 1 aliphatic rings. The second-order valence-corrected chi connectivity index (χ2v) is 4.36. The number of carbonyl (C=O) groups is 1. The first-order chi connectivity index (χ1) is 8.24. The van der Waals surface area contributed by atoms with Gasteiger partial charge in [0.2, 0.25) is 0 Å². The van der Waals surface area contributed by atoms with Gasteiger partial charge in [-0.3, -0.25) is 4.79 Å². The molecule has 0 spiro atoms. The lowest BCUT2D eigenvalue weighted by atomic mass is 10.2. The van der Waals surface area contributed by atoms with Gasteiger partial charge in [0, 0.05) is 12.6 Å². The molecule has 2 rings (SSSR count). The summed E-state index contributed by atoms with van der Waals surface area (Å²) in [7, 11) is 0. The van der Waals surface area contributed by atoms with Gasteiger partial charge in [-0.2, -0.15) is 0 Å². The highest BCUT2D eigenvalue weighted by atomic mass is 16.5. The van der Waals surface area contributed by atoms with Crippen molar-refractivity contribution in [2.75, 3.05) is 19.7 Å². The van der Waals surface area contributed by atoms with Crippen LogP contribution >= 0.6 is 0 Å². The summed E-state index contributed by atoms with van der Waals surface area (Å²) >= 11 is 0. The Hall–Kier alpha value is -1.55. The largest absolute Gasteiger partial charge is 0.484 e. The number of hydrogen-bond donors (Lipinski definition) is 2. The molecule has 0 aliphatic carbocycles. The number of hydrogen-bond acceptors (Lipinski definition) is 3. The van der Waals surface area contributed by atoms with E-state index in [1.165, 1.54) is 5.56 Å². The Morgan fingerprint density at radius 1 is 1.47 bits per heavy atom. The smallest absolute Gasteiger partial charge is 0.258 e. The van der Waals surface area contributed by atoms with Crippen LogP contribution in [0.15, 0.2) is 24.3 Å². The summed E-state index contributed by atoms with van der Waals surface area (Å²) < 4.78 is 5.40. The van der Waals surface area contributed by atoms with Gasteiger partial charge in [0.1, 0.15) is 5.75 Å². The lowest BCUT2D eigenvalue weighted by molar-refractivity contribution is -0.123. The lowest BCUT2D eigenvalue weighted by Crippen LogP contribution is -2.39. The molecule has 0 saturated carbocycles. The minimum atomic E-state index is -0.0562. The number of nitrogens with one attached hydrogen (secondary N) is 2. The summed E-state index contributed by atoms with van der Waals surface area (Å²) in [4.78, 5) is 11.6. The zero-order valence-corrected chi connectivity index (χ0v) is 10.0. The summed E-state index contributed by atoms with van der Waals surface area (Å²) in [6.45, 7) is 3.93. The average molecular weight is 234 g/mol. The Labute approximate surface area is 101 Å². The van der Waals surface area contributed by atoms with Crippen molar-refractivity contribution < 1.29 is 9.53 Å². The normalized spacial score (nSPS) is 19.0. The fourth-order valence-corrected chi connectivity index (χ4v) is 1.83. The zero-order chi connectivity index (χ0) is 12.1. The molecule has 1 amide bonds. The first kappa shape index (κ1) is 11.9. The molecule has 1 heterocycles. The molecule has 1 atom stereocenters. The maximum absolute atomic E-state index is 11.6. The molecule has 1 aromatic rings. The highest BCUT2D eigenvalue weighted by Crippen LogP contribution is 2.11. The van der Waals surface area contributed by atoms with E-state index in [-0.39, 0.29) is 18.6 Å². The van der Waals surface area contributed by atoms with E-state index in [9.17, 15) is 4.79 Å². The van der Waals surface area contributed by atoms with Gasteiger partial charge >= 0.3 is 0 Å². The highest BCUT2D eigenvalue weighted by Gasteiger charge is 2.16. The monoisotopic (exact) mass is 234 g/mol. The van der Waals surface area contributed by atoms with E-state index in [4.69, 9.17) is 4.74 Å². The summed E-state index contributed by atoms with van der Waals surface area (Å²) in [6.07, 6.45) is 0.996. The van der Waals surface area contributed by atoms with Gasteiger partial charge in [-0.05, 0) is 32.0 Å². The van der Waals surface area contributed by atoms with Gasteiger partial charge in [-0.25, -0.2) is 0 Å². The number of aryl methyl sites for hydroxylation is 1. The van der Waals surface area contributed by atoms with Crippen molar-refractivity contribution >= 4 is 5.91 Å². The van der Waals surface area contributed by atoms with Gasteiger partial charge in [-0.15, -0.1) is 0 Å². The van der Waals surface area contributed by atoms with Gasteiger partial charge in [-0.1, -0.05) is 17.7 Å². The molecule has 0 radical (unpaired) electrons. The number of amides is 1. The van der Waals surface area contributed by atoms with Gasteiger partial charge in [0.05, 0.1) is 0 Å². The Morgan fingerprint density at radius 3 is 2.88 bits per heavy atom. The molecule has 1 saturated heterocycles. The highest BCUT2D eigenvalue weighted by molar-refractivity contribution is 5.77. The van der Waals surface area contributed by atoms with E-state index in [2.05, 4.69) is 10.6 Å². The van der Waals surface area contributed by atoms with E-state index >= 15 is 0 Å². The quantitative estimate of drug-likeness (QED) is 0.812. The Kier molecular flexibility index (Phi) is 3.98. The van der Waals surface area contributed by atoms with Crippen LogP contribution < -0.4 is 15.4 Å². The third-order valence-electron chi connectivity index (χ3n) is 2.82. The van der Waals surface area contributed by atoms with Crippen molar-refractivity contribution in [1.29, 1.82) is 0 Å². The molecular weight excluding hydrogens is 216 g/mol. The average Bonchev–Trinajstić information content (AvgIpc) is 2.81. The third-order valence-corrected chi connectivity index (χ3v) is 2.82. The number of rotatable bonds is 4. The van der Waals surface area contributed by atoms with Gasteiger partial charge in [0.25, 0.3) is 5.91 Å². The molecule has 0 unspecified atom stereocenters. The molecule has 1 aromatic carbocycles. The molecule has 92 valence electrons. The van der Waals surface area contributed by atoms with Crippen LogP contribution in [0.2, 0.25) is 0 Å². The predicted octanol–water partition coefficient (Wildman–Crippen LogP) is 0.852. The van der Waals surface area contributed by atoms with E-state index in [1.54, 1.807) is 0 Å². The van der Waals surface area contributed by atoms with Crippen LogP contribution in [0.3, 0.4) is 0 Å². The number of carbonyl (C=O) groups excluding carboxylic acids is 1. The molecule has 2 N–H and O–H groups in total. The lowest BCUT2D eigenvalue weighted by Gasteiger charge is -2.12. The number of ether oxygens (including phenoxy) is 1. The van der Waals surface area contributed by atoms with Gasteiger partial charge in [0.15, 0.2) is 6.61 Å². The second kappa shape index (κ2) is 5.68. The van der Waals surface area contributed by atoms with Crippen LogP contribution in [0.25, 0.3) is 0 Å². The molecule has 4 nitrogen and oxygen atoms in total. The van der Waals surface area contributed by atoms with E-state index < -0.39 is 0 Å². The van der Waals surface area contributed by atoms with Crippen LogP contribution in [-0.2, 0) is 4.79 Å². The Bertz CT molecular complexity index is 370. The molecule has 1 fully saturated rings. The first-order valence-corrected chi connectivity index (χ1v) is 5.93. The van der Waals surface area contributed by atoms with Crippen molar-refractivity contribution in [3.63, 3.8) is 0 Å². The zero-order valence-electron chi connectivity index (χ0n) is 10.0. The predicted molar refractivity (Wildman–Crippen MR) is 66.1 cm³/mol. The van der Waals surface area contributed by atoms with Crippen molar-refractivity contribution in [3.05, 3.63) is 29.8 Å². The summed E-state index contributed by atoms with van der Waals surface area (Å²) in [5.41, 5.74) is 1.18. The van der Waals surface area contributed by atoms with Crippen LogP contribution in [0.1, 0.15) is 12.0 Å². The summed E-state index contributed by atoms with van der Waals surface area (Å²) in [5, 5.41) is 6.14. The maximum Gasteiger partial charge on any atom is 0.258 e. The standard InChI is InChI=1S/C13H18N2O2/c1-10-2-4-12(5-3-10)17-9-13(16)15-11-6-7-14-8-11/h2-5,11,14H,6-9H2,1H3,(H,15,16)/t11-/m0/s1. The third kappa shape index (κ3) is 3.75. The minimum Gasteiger partial charge on any atom is -0.484 e. The van der Waals surface area contributed by atoms with Crippen molar-refractivity contribution in [3.8, 4) is 5.75 Å². The second-order valence-electron chi connectivity index (χ2n) is 4.36. The van der Waals surface area contributed by atoms with Crippen LogP contribution in [0.5, 0.6) is 5.75 Å². The topological polar surface area (TPSA) is 50.4 Å². The van der Waals surface area contributed by atoms with Crippen molar-refractivity contribution in [2.45, 2.75) is 19.4 Å². The molecule has 17 heavy (non-hydrogen) atoms. The molecule has 1 aliphatic heterocycles. The van der Waals surface area contributed by atoms with Crippen molar-refractivity contribution in [2.24, 2.45) is 0 Å². The van der Waals surface area contributed by atoms with E-state index in [0.29, 0.717) is 0 Å². The maximum atomic E-state index is 11.6. The van der Waals surface area contributed by atoms with Crippen molar-refractivity contribution in [1.82, 2.24) is 10.6 Å². The SMILES string of the molecule is Cc1ccc(OCC(=O)N[C@H]2CCNC2)cc1. The first-order valence-electron chi connectivity index (χ1n) is 5.93. The minimum absolute atomic E-state index is 0.0562. The Balaban J connectivity index is 1.73. The number of benzene rings is 1.